The SMILES string of the molecule is CCOc1cc(/C=C(/C#N)C(=O)Nc2nnc(S(C)(=O)=O)s2)cc(Cl)c1OCc1ccc(C)cc1. The second kappa shape index (κ2) is 11.3. The van der Waals surface area contributed by atoms with Crippen molar-refractivity contribution in [1.82, 2.24) is 10.2 Å². The van der Waals surface area contributed by atoms with E-state index in [4.69, 9.17) is 21.1 Å². The number of carbonyl (C=O) groups is 1. The molecule has 1 heterocycles. The molecule has 182 valence electrons. The summed E-state index contributed by atoms with van der Waals surface area (Å²) in [6, 6.07) is 12.8. The van der Waals surface area contributed by atoms with Gasteiger partial charge in [-0.25, -0.2) is 8.42 Å². The molecule has 1 amide bonds. The molecule has 0 radical (unpaired) electrons. The van der Waals surface area contributed by atoms with E-state index in [2.05, 4.69) is 15.5 Å². The molecule has 12 heteroatoms. The van der Waals surface area contributed by atoms with Gasteiger partial charge < -0.3 is 9.47 Å². The highest BCUT2D eigenvalue weighted by Crippen LogP contribution is 2.38. The van der Waals surface area contributed by atoms with E-state index in [9.17, 15) is 18.5 Å². The molecular weight excluding hydrogens is 512 g/mol. The highest BCUT2D eigenvalue weighted by atomic mass is 35.5. The number of carbonyl (C=O) groups excluding carboxylic acids is 1. The second-order valence-corrected chi connectivity index (χ2v) is 10.9. The van der Waals surface area contributed by atoms with Crippen molar-refractivity contribution in [3.05, 3.63) is 63.7 Å². The Morgan fingerprint density at radius 2 is 1.94 bits per heavy atom. The van der Waals surface area contributed by atoms with Gasteiger partial charge in [0.05, 0.1) is 11.6 Å². The first-order valence-corrected chi connectivity index (χ1v) is 13.3. The third-order valence-electron chi connectivity index (χ3n) is 4.46. The van der Waals surface area contributed by atoms with Gasteiger partial charge in [0.2, 0.25) is 19.3 Å². The topological polar surface area (TPSA) is 131 Å². The molecule has 0 aliphatic heterocycles. The summed E-state index contributed by atoms with van der Waals surface area (Å²) in [5.41, 5.74) is 2.27. The highest BCUT2D eigenvalue weighted by molar-refractivity contribution is 7.92. The number of rotatable bonds is 9. The van der Waals surface area contributed by atoms with Gasteiger partial charge in [-0.05, 0) is 43.2 Å². The van der Waals surface area contributed by atoms with E-state index in [-0.39, 0.29) is 26.7 Å². The molecule has 0 aliphatic rings. The smallest absolute Gasteiger partial charge is 0.268 e. The maximum absolute atomic E-state index is 12.6. The lowest BCUT2D eigenvalue weighted by Crippen LogP contribution is -2.13. The Morgan fingerprint density at radius 3 is 2.54 bits per heavy atom. The molecule has 9 nitrogen and oxygen atoms in total. The van der Waals surface area contributed by atoms with Gasteiger partial charge in [0.1, 0.15) is 18.2 Å². The fourth-order valence-electron chi connectivity index (χ4n) is 2.80. The third-order valence-corrected chi connectivity index (χ3v) is 7.24. The number of ether oxygens (including phenoxy) is 2. The van der Waals surface area contributed by atoms with Crippen molar-refractivity contribution in [2.45, 2.75) is 24.8 Å². The Balaban J connectivity index is 1.83. The molecule has 1 aromatic heterocycles. The zero-order valence-electron chi connectivity index (χ0n) is 19.0. The van der Waals surface area contributed by atoms with Crippen LogP contribution in [0.4, 0.5) is 5.13 Å². The molecule has 0 unspecified atom stereocenters. The Kier molecular flexibility index (Phi) is 8.45. The number of nitriles is 1. The van der Waals surface area contributed by atoms with Crippen molar-refractivity contribution in [3.63, 3.8) is 0 Å². The minimum absolute atomic E-state index is 0.0514. The molecule has 3 aromatic rings. The molecule has 1 N–H and O–H groups in total. The van der Waals surface area contributed by atoms with Crippen LogP contribution >= 0.6 is 22.9 Å². The summed E-state index contributed by atoms with van der Waals surface area (Å²) in [4.78, 5) is 12.6. The molecule has 3 rings (SSSR count). The first-order chi connectivity index (χ1) is 16.6. The minimum Gasteiger partial charge on any atom is -0.490 e. The number of halogens is 1. The number of nitrogens with zero attached hydrogens (tertiary/aromatic N) is 3. The van der Waals surface area contributed by atoms with Gasteiger partial charge in [0.15, 0.2) is 11.5 Å². The number of hydrogen-bond acceptors (Lipinski definition) is 9. The van der Waals surface area contributed by atoms with Crippen LogP contribution in [0.15, 0.2) is 46.3 Å². The third kappa shape index (κ3) is 7.02. The van der Waals surface area contributed by atoms with Crippen molar-refractivity contribution < 1.29 is 22.7 Å². The number of benzene rings is 2. The van der Waals surface area contributed by atoms with E-state index in [1.54, 1.807) is 19.1 Å². The van der Waals surface area contributed by atoms with E-state index in [1.165, 1.54) is 6.08 Å². The summed E-state index contributed by atoms with van der Waals surface area (Å²) in [7, 11) is -3.56. The van der Waals surface area contributed by atoms with Crippen molar-refractivity contribution in [2.24, 2.45) is 0 Å². The average Bonchev–Trinajstić information content (AvgIpc) is 3.27. The van der Waals surface area contributed by atoms with Crippen LogP contribution < -0.4 is 14.8 Å². The summed E-state index contributed by atoms with van der Waals surface area (Å²) in [6.45, 7) is 4.42. The zero-order valence-corrected chi connectivity index (χ0v) is 21.4. The van der Waals surface area contributed by atoms with Crippen LogP contribution in [0.2, 0.25) is 5.02 Å². The van der Waals surface area contributed by atoms with Gasteiger partial charge in [-0.15, -0.1) is 10.2 Å². The summed E-state index contributed by atoms with van der Waals surface area (Å²) in [5, 5.41) is 19.2. The molecule has 0 fully saturated rings. The number of aromatic nitrogens is 2. The van der Waals surface area contributed by atoms with Gasteiger partial charge in [0, 0.05) is 6.26 Å². The Labute approximate surface area is 211 Å². The normalized spacial score (nSPS) is 11.6. The van der Waals surface area contributed by atoms with Gasteiger partial charge in [-0.3, -0.25) is 10.1 Å². The maximum Gasteiger partial charge on any atom is 0.268 e. The lowest BCUT2D eigenvalue weighted by molar-refractivity contribution is -0.112. The maximum atomic E-state index is 12.6. The van der Waals surface area contributed by atoms with Crippen LogP contribution in [0.25, 0.3) is 6.08 Å². The quantitative estimate of drug-likeness (QED) is 0.243. The summed E-state index contributed by atoms with van der Waals surface area (Å²) in [6.07, 6.45) is 2.31. The largest absolute Gasteiger partial charge is 0.490 e. The number of anilines is 1. The Hall–Kier alpha value is -3.46. The molecule has 2 aromatic carbocycles. The standard InChI is InChI=1S/C23H21ClN4O5S2/c1-4-32-19-11-16(10-18(24)20(19)33-13-15-7-5-14(2)6-8-15)9-17(12-25)21(29)26-22-27-28-23(34-22)35(3,30)31/h5-11H,4,13H2,1-3H3,(H,26,27,29)/b17-9-. The van der Waals surface area contributed by atoms with Crippen molar-refractivity contribution in [2.75, 3.05) is 18.2 Å². The predicted molar refractivity (Wildman–Crippen MR) is 133 cm³/mol. The number of aryl methyl sites for hydroxylation is 1. The highest BCUT2D eigenvalue weighted by Gasteiger charge is 2.18. The van der Waals surface area contributed by atoms with Crippen molar-refractivity contribution >= 4 is 49.9 Å². The van der Waals surface area contributed by atoms with Crippen LogP contribution in [0, 0.1) is 18.3 Å². The Bertz CT molecular complexity index is 1410. The fourth-order valence-corrected chi connectivity index (χ4v) is 4.58. The summed E-state index contributed by atoms with van der Waals surface area (Å²) in [5.74, 6) is -0.0770. The van der Waals surface area contributed by atoms with Crippen LogP contribution in [-0.2, 0) is 21.2 Å². The molecule has 0 atom stereocenters. The van der Waals surface area contributed by atoms with Crippen molar-refractivity contribution in [1.29, 1.82) is 5.26 Å². The molecule has 0 aliphatic carbocycles. The molecule has 0 bridgehead atoms. The monoisotopic (exact) mass is 532 g/mol. The van der Waals surface area contributed by atoms with Crippen LogP contribution in [0.3, 0.4) is 0 Å². The molecule has 0 saturated carbocycles. The van der Waals surface area contributed by atoms with E-state index in [0.29, 0.717) is 35.0 Å². The van der Waals surface area contributed by atoms with Gasteiger partial charge in [-0.2, -0.15) is 5.26 Å². The number of nitrogens with one attached hydrogen (secondary N) is 1. The predicted octanol–water partition coefficient (Wildman–Crippen LogP) is 4.43. The van der Waals surface area contributed by atoms with Crippen LogP contribution in [-0.4, -0.2) is 37.4 Å². The molecule has 35 heavy (non-hydrogen) atoms. The van der Waals surface area contributed by atoms with Crippen LogP contribution in [0.1, 0.15) is 23.6 Å². The zero-order chi connectivity index (χ0) is 25.6. The minimum atomic E-state index is -3.56. The Morgan fingerprint density at radius 1 is 1.23 bits per heavy atom. The number of amides is 1. The van der Waals surface area contributed by atoms with Crippen LogP contribution in [0.5, 0.6) is 11.5 Å². The van der Waals surface area contributed by atoms with E-state index < -0.39 is 15.7 Å². The summed E-state index contributed by atoms with van der Waals surface area (Å²) >= 11 is 7.14. The number of sulfone groups is 1. The van der Waals surface area contributed by atoms with E-state index in [0.717, 1.165) is 17.4 Å². The van der Waals surface area contributed by atoms with Gasteiger partial charge in [0.25, 0.3) is 5.91 Å². The summed E-state index contributed by atoms with van der Waals surface area (Å²) < 4.78 is 34.4. The lowest BCUT2D eigenvalue weighted by atomic mass is 10.1. The molecule has 0 spiro atoms. The van der Waals surface area contributed by atoms with E-state index in [1.807, 2.05) is 37.3 Å². The van der Waals surface area contributed by atoms with Gasteiger partial charge in [-0.1, -0.05) is 52.8 Å². The average molecular weight is 533 g/mol. The van der Waals surface area contributed by atoms with Crippen molar-refractivity contribution in [3.8, 4) is 17.6 Å². The van der Waals surface area contributed by atoms with E-state index >= 15 is 0 Å². The lowest BCUT2D eigenvalue weighted by Gasteiger charge is -2.15. The first kappa shape index (κ1) is 26.2. The number of hydrogen-bond donors (Lipinski definition) is 1. The van der Waals surface area contributed by atoms with Gasteiger partial charge >= 0.3 is 0 Å². The molecule has 0 saturated heterocycles. The second-order valence-electron chi connectivity index (χ2n) is 7.31. The fraction of sp³-hybridized carbons (Fsp3) is 0.217. The molecular formula is C23H21ClN4O5S2. The first-order valence-electron chi connectivity index (χ1n) is 10.2.